The molecule has 0 unspecified atom stereocenters. The first-order valence-corrected chi connectivity index (χ1v) is 11.5. The largest absolute Gasteiger partial charge is 0.493 e. The first kappa shape index (κ1) is 23.2. The van der Waals surface area contributed by atoms with E-state index in [9.17, 15) is 22.4 Å². The predicted octanol–water partition coefficient (Wildman–Crippen LogP) is 4.30. The Balaban J connectivity index is 1.46. The van der Waals surface area contributed by atoms with Gasteiger partial charge in [-0.2, -0.15) is 13.2 Å². The predicted molar refractivity (Wildman–Crippen MR) is 125 cm³/mol. The highest BCUT2D eigenvalue weighted by Gasteiger charge is 2.37. The van der Waals surface area contributed by atoms with E-state index in [2.05, 4.69) is 20.3 Å². The summed E-state index contributed by atoms with van der Waals surface area (Å²) in [5.74, 6) is -0.347. The maximum Gasteiger partial charge on any atom is 0.406 e. The van der Waals surface area contributed by atoms with E-state index in [0.29, 0.717) is 52.2 Å². The standard InChI is InChI=1S/C25H20F4N6O2/c1-13-6-14-10-34(11-25(27,28)29)23(36)21-22-18(16(14)7-30-13)9-32-24(35(22)12-33-21)31-8-17-15-4-5-37-20(15)3-2-19(17)26/h2-3,6-7,9,12H,4-5,8,10-11H2,1H3,(H,31,32). The number of fused-ring (bicyclic) bond motifs is 3. The van der Waals surface area contributed by atoms with Crippen molar-refractivity contribution >= 4 is 17.4 Å². The van der Waals surface area contributed by atoms with Gasteiger partial charge in [0.25, 0.3) is 5.91 Å². The lowest BCUT2D eigenvalue weighted by atomic mass is 9.98. The summed E-state index contributed by atoms with van der Waals surface area (Å²) in [5, 5.41) is 3.09. The third-order valence-electron chi connectivity index (χ3n) is 6.57. The molecule has 0 saturated heterocycles. The molecule has 37 heavy (non-hydrogen) atoms. The summed E-state index contributed by atoms with van der Waals surface area (Å²) in [6.07, 6.45) is 0.409. The summed E-state index contributed by atoms with van der Waals surface area (Å²) in [6, 6.07) is 4.60. The SMILES string of the molecule is Cc1cc2c(cn1)-c1cnc(NCc3c(F)ccc4c3CCO4)n3cnc(c13)C(=O)N(CC(F)(F)F)C2. The Hall–Kier alpha value is -4.22. The zero-order chi connectivity index (χ0) is 25.9. The quantitative estimate of drug-likeness (QED) is 0.411. The number of aromatic nitrogens is 4. The third-order valence-corrected chi connectivity index (χ3v) is 6.57. The van der Waals surface area contributed by atoms with Crippen molar-refractivity contribution in [1.29, 1.82) is 0 Å². The van der Waals surface area contributed by atoms with Gasteiger partial charge in [-0.15, -0.1) is 0 Å². The fourth-order valence-electron chi connectivity index (χ4n) is 4.93. The molecule has 0 radical (unpaired) electrons. The molecule has 0 aliphatic carbocycles. The Bertz CT molecular complexity index is 1570. The normalized spacial score (nSPS) is 14.7. The van der Waals surface area contributed by atoms with Gasteiger partial charge in [-0.05, 0) is 30.7 Å². The van der Waals surface area contributed by atoms with Crippen LogP contribution < -0.4 is 10.1 Å². The zero-order valence-corrected chi connectivity index (χ0v) is 19.6. The molecule has 2 aliphatic heterocycles. The van der Waals surface area contributed by atoms with E-state index in [0.717, 1.165) is 10.5 Å². The van der Waals surface area contributed by atoms with Crippen LogP contribution in [0.25, 0.3) is 16.6 Å². The molecule has 0 atom stereocenters. The Labute approximate surface area is 207 Å². The molecule has 1 N–H and O–H groups in total. The highest BCUT2D eigenvalue weighted by atomic mass is 19.4. The second-order valence-electron chi connectivity index (χ2n) is 9.02. The second-order valence-corrected chi connectivity index (χ2v) is 9.02. The lowest BCUT2D eigenvalue weighted by Crippen LogP contribution is -2.39. The molecule has 0 bridgehead atoms. The number of nitrogens with zero attached hydrogens (tertiary/aromatic N) is 5. The van der Waals surface area contributed by atoms with Crippen LogP contribution in [0.1, 0.15) is 32.9 Å². The van der Waals surface area contributed by atoms with Crippen LogP contribution in [-0.2, 0) is 19.5 Å². The summed E-state index contributed by atoms with van der Waals surface area (Å²) in [5.41, 5.74) is 3.57. The van der Waals surface area contributed by atoms with Gasteiger partial charge in [-0.3, -0.25) is 14.2 Å². The number of benzene rings is 1. The van der Waals surface area contributed by atoms with Crippen molar-refractivity contribution in [3.63, 3.8) is 0 Å². The second kappa shape index (κ2) is 8.43. The Kier molecular flexibility index (Phi) is 5.28. The Morgan fingerprint density at radius 2 is 1.95 bits per heavy atom. The number of ether oxygens (including phenoxy) is 1. The zero-order valence-electron chi connectivity index (χ0n) is 19.6. The molecule has 0 spiro atoms. The molecule has 0 saturated carbocycles. The molecule has 5 heterocycles. The smallest absolute Gasteiger partial charge is 0.406 e. The molecule has 3 aromatic heterocycles. The number of alkyl halides is 3. The van der Waals surface area contributed by atoms with Gasteiger partial charge in [0.15, 0.2) is 5.69 Å². The monoisotopic (exact) mass is 512 g/mol. The van der Waals surface area contributed by atoms with Gasteiger partial charge in [0.05, 0.1) is 12.1 Å². The number of carbonyl (C=O) groups is 1. The lowest BCUT2D eigenvalue weighted by Gasteiger charge is -2.27. The van der Waals surface area contributed by atoms with Crippen molar-refractivity contribution in [3.8, 4) is 16.9 Å². The molecule has 6 rings (SSSR count). The maximum absolute atomic E-state index is 14.6. The van der Waals surface area contributed by atoms with Crippen molar-refractivity contribution in [2.45, 2.75) is 32.6 Å². The Morgan fingerprint density at radius 3 is 2.76 bits per heavy atom. The molecule has 190 valence electrons. The van der Waals surface area contributed by atoms with E-state index in [1.807, 2.05) is 0 Å². The van der Waals surface area contributed by atoms with Gasteiger partial charge in [-0.25, -0.2) is 14.4 Å². The molecule has 12 heteroatoms. The molecule has 1 amide bonds. The van der Waals surface area contributed by atoms with Crippen molar-refractivity contribution in [3.05, 3.63) is 70.8 Å². The van der Waals surface area contributed by atoms with Crippen LogP contribution in [-0.4, -0.2) is 49.5 Å². The molecule has 4 aromatic rings. The van der Waals surface area contributed by atoms with E-state index in [1.54, 1.807) is 25.3 Å². The number of aryl methyl sites for hydroxylation is 1. The fourth-order valence-corrected chi connectivity index (χ4v) is 4.93. The molecular formula is C25H20F4N6O2. The van der Waals surface area contributed by atoms with E-state index in [-0.39, 0.29) is 24.7 Å². The number of anilines is 1. The highest BCUT2D eigenvalue weighted by Crippen LogP contribution is 2.36. The average Bonchev–Trinajstić information content (AvgIpc) is 3.49. The van der Waals surface area contributed by atoms with Crippen LogP contribution in [0.5, 0.6) is 5.75 Å². The number of halogens is 4. The maximum atomic E-state index is 14.6. The van der Waals surface area contributed by atoms with E-state index in [1.165, 1.54) is 23.0 Å². The number of carbonyl (C=O) groups excluding carboxylic acids is 1. The number of rotatable bonds is 4. The van der Waals surface area contributed by atoms with Gasteiger partial charge in [0.2, 0.25) is 5.95 Å². The first-order valence-electron chi connectivity index (χ1n) is 11.5. The number of nitrogens with one attached hydrogen (secondary N) is 1. The van der Waals surface area contributed by atoms with Crippen LogP contribution >= 0.6 is 0 Å². The van der Waals surface area contributed by atoms with E-state index in [4.69, 9.17) is 4.74 Å². The number of pyridine rings is 1. The van der Waals surface area contributed by atoms with Crippen molar-refractivity contribution < 1.29 is 27.1 Å². The third kappa shape index (κ3) is 4.02. The summed E-state index contributed by atoms with van der Waals surface area (Å²) in [6.45, 7) is 0.605. The van der Waals surface area contributed by atoms with Crippen LogP contribution in [0.4, 0.5) is 23.5 Å². The minimum absolute atomic E-state index is 0.0822. The lowest BCUT2D eigenvalue weighted by molar-refractivity contribution is -0.141. The molecule has 8 nitrogen and oxygen atoms in total. The van der Waals surface area contributed by atoms with Gasteiger partial charge in [0.1, 0.15) is 24.4 Å². The first-order chi connectivity index (χ1) is 17.7. The van der Waals surface area contributed by atoms with Gasteiger partial charge in [-0.1, -0.05) is 0 Å². The average molecular weight is 512 g/mol. The summed E-state index contributed by atoms with van der Waals surface area (Å²) in [7, 11) is 0. The van der Waals surface area contributed by atoms with Crippen molar-refractivity contribution in [2.24, 2.45) is 0 Å². The van der Waals surface area contributed by atoms with Gasteiger partial charge in [0, 0.05) is 59.9 Å². The summed E-state index contributed by atoms with van der Waals surface area (Å²) in [4.78, 5) is 27.0. The number of amides is 1. The van der Waals surface area contributed by atoms with Gasteiger partial charge < -0.3 is 15.0 Å². The fraction of sp³-hybridized carbons (Fsp3) is 0.280. The molecule has 0 fully saturated rings. The minimum atomic E-state index is -4.59. The van der Waals surface area contributed by atoms with Crippen LogP contribution in [0, 0.1) is 12.7 Å². The minimum Gasteiger partial charge on any atom is -0.493 e. The van der Waals surface area contributed by atoms with Crippen molar-refractivity contribution in [2.75, 3.05) is 18.5 Å². The Morgan fingerprint density at radius 1 is 1.14 bits per heavy atom. The molecular weight excluding hydrogens is 492 g/mol. The van der Waals surface area contributed by atoms with Crippen molar-refractivity contribution in [1.82, 2.24) is 24.3 Å². The number of imidazole rings is 1. The highest BCUT2D eigenvalue weighted by molar-refractivity contribution is 6.04. The van der Waals surface area contributed by atoms with Crippen LogP contribution in [0.15, 0.2) is 36.9 Å². The van der Waals surface area contributed by atoms with Crippen LogP contribution in [0.2, 0.25) is 0 Å². The summed E-state index contributed by atoms with van der Waals surface area (Å²) >= 11 is 0. The molecule has 2 aliphatic rings. The summed E-state index contributed by atoms with van der Waals surface area (Å²) < 4.78 is 61.8. The molecule has 1 aromatic carbocycles. The number of hydrogen-bond donors (Lipinski definition) is 1. The topological polar surface area (TPSA) is 84.6 Å². The van der Waals surface area contributed by atoms with E-state index < -0.39 is 24.4 Å². The van der Waals surface area contributed by atoms with E-state index >= 15 is 0 Å². The van der Waals surface area contributed by atoms with Crippen LogP contribution in [0.3, 0.4) is 0 Å². The van der Waals surface area contributed by atoms with Gasteiger partial charge >= 0.3 is 6.18 Å². The number of hydrogen-bond acceptors (Lipinski definition) is 6.